The molecule has 0 saturated carbocycles. The Morgan fingerprint density at radius 1 is 0.291 bits per heavy atom. The van der Waals surface area contributed by atoms with Crippen LogP contribution in [0.3, 0.4) is 0 Å². The summed E-state index contributed by atoms with van der Waals surface area (Å²) in [7, 11) is -21.5. The Bertz CT molecular complexity index is 2380. The number of sulfonamides is 2. The molecule has 0 saturated heterocycles. The van der Waals surface area contributed by atoms with Gasteiger partial charge in [0.1, 0.15) is 0 Å². The van der Waals surface area contributed by atoms with E-state index in [9.17, 15) is 77.1 Å². The van der Waals surface area contributed by atoms with Gasteiger partial charge in [-0.1, -0.05) is 122 Å². The van der Waals surface area contributed by atoms with Crippen LogP contribution in [0.5, 0.6) is 0 Å². The summed E-state index contributed by atoms with van der Waals surface area (Å²) in [6.45, 7) is 48.8. The molecule has 0 atom stereocenters. The molecule has 0 radical (unpaired) electrons. The summed E-state index contributed by atoms with van der Waals surface area (Å²) in [4.78, 5) is 32.8. The number of halogens is 20. The van der Waals surface area contributed by atoms with Crippen LogP contribution < -0.4 is 59.0 Å². The largest absolute Gasteiger partial charge is 1.00 e. The van der Waals surface area contributed by atoms with Crippen LogP contribution in [0.15, 0.2) is 86.8 Å². The van der Waals surface area contributed by atoms with E-state index in [-0.39, 0.29) is 59.0 Å². The van der Waals surface area contributed by atoms with E-state index in [2.05, 4.69) is 253 Å². The van der Waals surface area contributed by atoms with Crippen LogP contribution in [0.4, 0.5) is 60.3 Å². The Kier molecular flexibility index (Phi) is 79.1. The monoisotopic (exact) mass is 1760 g/mol. The molecule has 7 rings (SSSR count). The first-order chi connectivity index (χ1) is 48.6. The predicted molar refractivity (Wildman–Crippen MR) is 400 cm³/mol. The van der Waals surface area contributed by atoms with Gasteiger partial charge in [0.15, 0.2) is 20.0 Å². The minimum atomic E-state index is -8.55. The number of rotatable bonds is 32. The zero-order chi connectivity index (χ0) is 79.9. The van der Waals surface area contributed by atoms with E-state index in [1.807, 2.05) is 0 Å². The van der Waals surface area contributed by atoms with Gasteiger partial charge in [-0.05, 0) is 77.0 Å². The molecule has 0 spiro atoms. The second-order valence-corrected chi connectivity index (χ2v) is 30.0. The van der Waals surface area contributed by atoms with Gasteiger partial charge in [-0.3, -0.25) is 12.9 Å². The molecule has 0 unspecified atom stereocenters. The minimum absolute atomic E-state index is 0. The molecule has 0 amide bonds. The van der Waals surface area contributed by atoms with Crippen molar-refractivity contribution in [1.29, 1.82) is 0 Å². The smallest absolute Gasteiger partial charge is 0.480 e. The Hall–Kier alpha value is -4.23. The van der Waals surface area contributed by atoms with Crippen LogP contribution in [0.2, 0.25) is 0 Å². The number of hydrogen-bond donors (Lipinski definition) is 0. The average Bonchev–Trinajstić information content (AvgIpc) is 1.75. The zero-order valence-corrected chi connectivity index (χ0v) is 72.5. The van der Waals surface area contributed by atoms with E-state index in [0.717, 1.165) is 50.8 Å². The molecule has 0 aliphatic carbocycles. The van der Waals surface area contributed by atoms with E-state index < -0.39 is 46.8 Å². The number of alkyl halides is 6. The van der Waals surface area contributed by atoms with Gasteiger partial charge in [-0.2, -0.15) is 26.3 Å². The summed E-state index contributed by atoms with van der Waals surface area (Å²) in [6, 6.07) is 0. The second-order valence-electron chi connectivity index (χ2n) is 25.3. The van der Waals surface area contributed by atoms with E-state index in [4.69, 9.17) is 0 Å². The fourth-order valence-corrected chi connectivity index (χ4v) is 11.4. The van der Waals surface area contributed by atoms with Crippen LogP contribution in [-0.2, 0) is 20.0 Å². The first-order valence-electron chi connectivity index (χ1n) is 36.6. The van der Waals surface area contributed by atoms with E-state index >= 15 is 0 Å². The molecule has 19 nitrogen and oxygen atoms in total. The van der Waals surface area contributed by atoms with Crippen molar-refractivity contribution in [2.75, 3.05) is 139 Å². The fourth-order valence-electron chi connectivity index (χ4n) is 9.74. The Balaban J connectivity index is -0.000000148. The predicted octanol–water partition coefficient (Wildman–Crippen LogP) is 0.674. The number of unbranched alkanes of at least 4 members (excludes halogenated alkanes) is 6. The van der Waals surface area contributed by atoms with E-state index in [0.29, 0.717) is 0 Å². The average molecular weight is 1760 g/mol. The number of hydrogen-bond acceptors (Lipinski definition) is 18. The quantitative estimate of drug-likeness (QED) is 0.0405. The first-order valence-corrected chi connectivity index (χ1v) is 41.2. The van der Waals surface area contributed by atoms with E-state index in [1.165, 1.54) is 194 Å². The zero-order valence-electron chi connectivity index (χ0n) is 67.0. The van der Waals surface area contributed by atoms with Gasteiger partial charge in [-0.15, -0.1) is 0 Å². The molecule has 0 fully saturated rings. The van der Waals surface area contributed by atoms with Crippen molar-refractivity contribution in [1.82, 2.24) is 68.6 Å². The van der Waals surface area contributed by atoms with Gasteiger partial charge in [-0.25, -0.2) is 16.8 Å². The van der Waals surface area contributed by atoms with Crippen molar-refractivity contribution in [3.05, 3.63) is 90.9 Å². The Morgan fingerprint density at radius 3 is 0.573 bits per heavy atom. The van der Waals surface area contributed by atoms with Crippen molar-refractivity contribution in [2.24, 2.45) is 0 Å². The maximum absolute atomic E-state index is 11.4. The standard InChI is InChI=1S/C11H22N2.4C10H20N2.2C7H14N2.C2F6NO4S2.BF3.4ClH.F5P.2FH/c1-3-5-6-8-13-10-9-12(11-13)7-4-2;4*1-3-5-7-12-9-8-11(10-12)6-4-2;2*1-3-4-9-6-5-8(2)7-9;3-1(4,5)14(10,11)9-15(12,13)2(6,7)8;2-1(3)4;;;;;1-6(2,3,4)5;;/h9-10H,3-8,11H2,1-2H3;4*8-9H,3-7,10H2,1-2H3;2*5-6H,3-4,7H2,1-2H3;;;4*1H;;2*1H/q;;;;;;;-1;;;;;;;;/p-6. The summed E-state index contributed by atoms with van der Waals surface area (Å²) in [5.74, 6) is 0. The molecule has 0 aromatic heterocycles. The molecule has 7 aliphatic heterocycles. The third-order valence-corrected chi connectivity index (χ3v) is 17.5. The van der Waals surface area contributed by atoms with Crippen LogP contribution in [0, 0.1) is 0 Å². The maximum Gasteiger partial charge on any atom is 0.480 e. The molecule has 0 N–H and O–H groups in total. The molecule has 7 aliphatic rings. The Labute approximate surface area is 676 Å². The maximum atomic E-state index is 11.4. The van der Waals surface area contributed by atoms with Gasteiger partial charge < -0.3 is 132 Å². The van der Waals surface area contributed by atoms with Crippen molar-refractivity contribution in [2.45, 2.75) is 210 Å². The summed E-state index contributed by atoms with van der Waals surface area (Å²) < 4.78 is 187. The summed E-state index contributed by atoms with van der Waals surface area (Å²) in [6.07, 6.45) is 53.7. The third-order valence-electron chi connectivity index (χ3n) is 14.7. The van der Waals surface area contributed by atoms with Gasteiger partial charge in [0.25, 0.3) is 0 Å². The fraction of sp³-hybridized carbons (Fsp3) is 0.791. The van der Waals surface area contributed by atoms with Crippen molar-refractivity contribution >= 4 is 35.7 Å². The third kappa shape index (κ3) is 70.4. The topological polar surface area (TPSA) is 128 Å². The molecular weight excluding hydrogens is 1630 g/mol. The van der Waals surface area contributed by atoms with Gasteiger partial charge in [0, 0.05) is 179 Å². The Morgan fingerprint density at radius 2 is 0.436 bits per heavy atom. The normalized spacial score (nSPS) is 15.2. The van der Waals surface area contributed by atoms with Crippen molar-refractivity contribution in [3.63, 3.8) is 0 Å². The summed E-state index contributed by atoms with van der Waals surface area (Å²) >= 11 is 0. The van der Waals surface area contributed by atoms with Crippen molar-refractivity contribution < 1.29 is 136 Å². The molecule has 0 aromatic rings. The SMILES string of the molecule is CCCCCN1C=CN(CCC)C1.CCCCN1C=CN(CCC)C1.CCCCN1C=CN(CCC)C1.CCCCN1C=CN(CCC)C1.CCCCN1C=CN(CCC)C1.CCCN1C=CN(C)C1.CCCN1C=CN(C)C1.FB(F)F.FP(F)(F)(F)F.O=S(=O)([N-]S(=O)(=O)C(F)(F)F)C(F)(F)F.[Cl-].[Cl-].[Cl-].[Cl-].[F-].[F-]. The molecule has 664 valence electrons. The van der Waals surface area contributed by atoms with Crippen LogP contribution >= 0.6 is 8.16 Å². The van der Waals surface area contributed by atoms with E-state index in [1.54, 1.807) is 0 Å². The molecule has 7 heterocycles. The van der Waals surface area contributed by atoms with Gasteiger partial charge >= 0.3 is 47.7 Å². The molecule has 0 bridgehead atoms. The van der Waals surface area contributed by atoms with Crippen molar-refractivity contribution in [3.8, 4) is 0 Å². The minimum Gasteiger partial charge on any atom is -1.00 e. The molecule has 43 heteroatoms. The summed E-state index contributed by atoms with van der Waals surface area (Å²) in [5, 5.41) is 0. The number of nitrogens with zero attached hydrogens (tertiary/aromatic N) is 15. The second kappa shape index (κ2) is 70.2. The van der Waals surface area contributed by atoms with Crippen LogP contribution in [0.25, 0.3) is 4.13 Å². The molecular formula is C67H130BCl4F16N15O4PS2-7. The molecule has 110 heavy (non-hydrogen) atoms. The van der Waals surface area contributed by atoms with Crippen LogP contribution in [-0.4, -0.2) is 243 Å². The first kappa shape index (κ1) is 124. The van der Waals surface area contributed by atoms with Gasteiger partial charge in [0.05, 0.1) is 46.7 Å². The summed E-state index contributed by atoms with van der Waals surface area (Å²) in [5.41, 5.74) is -12.4. The van der Waals surface area contributed by atoms with Crippen LogP contribution in [0.1, 0.15) is 199 Å². The van der Waals surface area contributed by atoms with Gasteiger partial charge in [0.2, 0.25) is 0 Å². The molecule has 0 aromatic carbocycles.